The fourth-order valence-corrected chi connectivity index (χ4v) is 2.56. The van der Waals surface area contributed by atoms with Crippen molar-refractivity contribution in [2.24, 2.45) is 5.73 Å². The number of methoxy groups -OCH3 is 1. The van der Waals surface area contributed by atoms with Crippen LogP contribution in [0.15, 0.2) is 18.2 Å². The van der Waals surface area contributed by atoms with Crippen molar-refractivity contribution in [3.8, 4) is 11.5 Å². The van der Waals surface area contributed by atoms with E-state index in [1.807, 2.05) is 12.1 Å². The second-order valence-corrected chi connectivity index (χ2v) is 5.75. The number of aliphatic carboxylic acids is 1. The van der Waals surface area contributed by atoms with Gasteiger partial charge >= 0.3 is 5.97 Å². The molecule has 1 aliphatic heterocycles. The van der Waals surface area contributed by atoms with E-state index < -0.39 is 12.0 Å². The zero-order valence-corrected chi connectivity index (χ0v) is 13.1. The number of nitrogens with two attached hydrogens (primary N) is 1. The normalized spacial score (nSPS) is 18.0. The summed E-state index contributed by atoms with van der Waals surface area (Å²) in [5.74, 6) is 0.312. The summed E-state index contributed by atoms with van der Waals surface area (Å²) in [5.41, 5.74) is 6.42. The van der Waals surface area contributed by atoms with Crippen molar-refractivity contribution in [2.45, 2.75) is 31.4 Å². The number of carboxylic acid groups (broad SMARTS) is 1. The number of benzene rings is 1. The molecule has 1 heterocycles. The van der Waals surface area contributed by atoms with Gasteiger partial charge in [-0.2, -0.15) is 0 Å². The van der Waals surface area contributed by atoms with Gasteiger partial charge in [0.1, 0.15) is 12.1 Å². The highest BCUT2D eigenvalue weighted by atomic mass is 16.5. The topological polar surface area (TPSA) is 85.0 Å². The zero-order chi connectivity index (χ0) is 16.1. The molecule has 1 aromatic carbocycles. The van der Waals surface area contributed by atoms with Crippen LogP contribution in [0.25, 0.3) is 0 Å². The molecular formula is C16H24N2O4. The summed E-state index contributed by atoms with van der Waals surface area (Å²) >= 11 is 0. The lowest BCUT2D eigenvalue weighted by Crippen LogP contribution is -2.35. The summed E-state index contributed by atoms with van der Waals surface area (Å²) in [6.45, 7) is 2.02. The van der Waals surface area contributed by atoms with Crippen LogP contribution in [0.3, 0.4) is 0 Å². The van der Waals surface area contributed by atoms with Gasteiger partial charge < -0.3 is 25.2 Å². The first kappa shape index (κ1) is 16.6. The Morgan fingerprint density at radius 2 is 2.09 bits per heavy atom. The van der Waals surface area contributed by atoms with Crippen LogP contribution in [0.4, 0.5) is 0 Å². The Hall–Kier alpha value is -1.79. The molecular weight excluding hydrogens is 284 g/mol. The van der Waals surface area contributed by atoms with Crippen LogP contribution in [0.2, 0.25) is 0 Å². The van der Waals surface area contributed by atoms with Crippen molar-refractivity contribution in [3.05, 3.63) is 23.8 Å². The predicted octanol–water partition coefficient (Wildman–Crippen LogP) is 1.12. The molecule has 1 unspecified atom stereocenters. The molecule has 0 bridgehead atoms. The van der Waals surface area contributed by atoms with Gasteiger partial charge in [-0.25, -0.2) is 0 Å². The SMILES string of the molecule is COc1ccc(CC(N)C(=O)O)cc1OC1CCN(C)CC1. The molecule has 122 valence electrons. The van der Waals surface area contributed by atoms with Gasteiger partial charge in [0.25, 0.3) is 0 Å². The van der Waals surface area contributed by atoms with E-state index in [2.05, 4.69) is 11.9 Å². The van der Waals surface area contributed by atoms with Crippen LogP contribution >= 0.6 is 0 Å². The highest BCUT2D eigenvalue weighted by Crippen LogP contribution is 2.31. The van der Waals surface area contributed by atoms with Crippen LogP contribution in [0.5, 0.6) is 11.5 Å². The van der Waals surface area contributed by atoms with E-state index in [9.17, 15) is 4.79 Å². The quantitative estimate of drug-likeness (QED) is 0.819. The van der Waals surface area contributed by atoms with E-state index in [0.29, 0.717) is 11.5 Å². The minimum Gasteiger partial charge on any atom is -0.493 e. The van der Waals surface area contributed by atoms with Crippen LogP contribution in [-0.2, 0) is 11.2 Å². The van der Waals surface area contributed by atoms with E-state index in [1.165, 1.54) is 0 Å². The first-order valence-electron chi connectivity index (χ1n) is 7.50. The fourth-order valence-electron chi connectivity index (χ4n) is 2.56. The van der Waals surface area contributed by atoms with Crippen molar-refractivity contribution in [1.29, 1.82) is 0 Å². The molecule has 0 aliphatic carbocycles. The molecule has 6 heteroatoms. The van der Waals surface area contributed by atoms with Crippen LogP contribution in [0.1, 0.15) is 18.4 Å². The van der Waals surface area contributed by atoms with Crippen molar-refractivity contribution >= 4 is 5.97 Å². The molecule has 3 N–H and O–H groups in total. The minimum absolute atomic E-state index is 0.161. The zero-order valence-electron chi connectivity index (χ0n) is 13.1. The lowest BCUT2D eigenvalue weighted by molar-refractivity contribution is -0.138. The molecule has 0 saturated carbocycles. The van der Waals surface area contributed by atoms with Crippen molar-refractivity contribution < 1.29 is 19.4 Å². The van der Waals surface area contributed by atoms with Gasteiger partial charge in [0.2, 0.25) is 0 Å². The molecule has 0 amide bonds. The van der Waals surface area contributed by atoms with E-state index in [0.717, 1.165) is 31.5 Å². The molecule has 0 aromatic heterocycles. The molecule has 6 nitrogen and oxygen atoms in total. The summed E-state index contributed by atoms with van der Waals surface area (Å²) in [6.07, 6.45) is 2.37. The number of ether oxygens (including phenoxy) is 2. The highest BCUT2D eigenvalue weighted by molar-refractivity contribution is 5.73. The Balaban J connectivity index is 2.09. The number of carboxylic acids is 1. The fraction of sp³-hybridized carbons (Fsp3) is 0.562. The molecule has 0 radical (unpaired) electrons. The summed E-state index contributed by atoms with van der Waals surface area (Å²) in [5, 5.41) is 8.91. The number of hydrogen-bond acceptors (Lipinski definition) is 5. The monoisotopic (exact) mass is 308 g/mol. The third kappa shape index (κ3) is 4.35. The van der Waals surface area contributed by atoms with Gasteiger partial charge in [-0.1, -0.05) is 6.07 Å². The van der Waals surface area contributed by atoms with Crippen molar-refractivity contribution in [3.63, 3.8) is 0 Å². The van der Waals surface area contributed by atoms with E-state index in [4.69, 9.17) is 20.3 Å². The molecule has 1 aromatic rings. The van der Waals surface area contributed by atoms with Crippen LogP contribution < -0.4 is 15.2 Å². The van der Waals surface area contributed by atoms with E-state index in [-0.39, 0.29) is 12.5 Å². The average molecular weight is 308 g/mol. The second-order valence-electron chi connectivity index (χ2n) is 5.75. The standard InChI is InChI=1S/C16H24N2O4/c1-18-7-5-12(6-8-18)22-15-10-11(3-4-14(15)21-2)9-13(17)16(19)20/h3-4,10,12-13H,5-9,17H2,1-2H3,(H,19,20). The number of rotatable bonds is 6. The first-order chi connectivity index (χ1) is 10.5. The molecule has 0 spiro atoms. The van der Waals surface area contributed by atoms with Gasteiger partial charge in [0, 0.05) is 13.1 Å². The largest absolute Gasteiger partial charge is 0.493 e. The van der Waals surface area contributed by atoms with Gasteiger partial charge in [-0.05, 0) is 44.0 Å². The molecule has 1 fully saturated rings. The third-order valence-electron chi connectivity index (χ3n) is 3.96. The van der Waals surface area contributed by atoms with Crippen molar-refractivity contribution in [1.82, 2.24) is 4.90 Å². The predicted molar refractivity (Wildman–Crippen MR) is 83.5 cm³/mol. The summed E-state index contributed by atoms with van der Waals surface area (Å²) in [7, 11) is 3.70. The van der Waals surface area contributed by atoms with Gasteiger partial charge in [0.15, 0.2) is 11.5 Å². The summed E-state index contributed by atoms with van der Waals surface area (Å²) < 4.78 is 11.4. The maximum Gasteiger partial charge on any atom is 0.320 e. The Kier molecular flexibility index (Phi) is 5.63. The van der Waals surface area contributed by atoms with Gasteiger partial charge in [-0.3, -0.25) is 4.79 Å². The maximum absolute atomic E-state index is 10.9. The Labute approximate surface area is 130 Å². The number of likely N-dealkylation sites (tertiary alicyclic amines) is 1. The van der Waals surface area contributed by atoms with Gasteiger partial charge in [0.05, 0.1) is 7.11 Å². The summed E-state index contributed by atoms with van der Waals surface area (Å²) in [4.78, 5) is 13.2. The first-order valence-corrected chi connectivity index (χ1v) is 7.50. The smallest absolute Gasteiger partial charge is 0.320 e. The molecule has 1 saturated heterocycles. The number of piperidine rings is 1. The molecule has 22 heavy (non-hydrogen) atoms. The van der Waals surface area contributed by atoms with E-state index in [1.54, 1.807) is 13.2 Å². The number of hydrogen-bond donors (Lipinski definition) is 2. The lowest BCUT2D eigenvalue weighted by atomic mass is 10.1. The van der Waals surface area contributed by atoms with E-state index >= 15 is 0 Å². The van der Waals surface area contributed by atoms with Gasteiger partial charge in [-0.15, -0.1) is 0 Å². The Morgan fingerprint density at radius 1 is 1.41 bits per heavy atom. The number of nitrogens with zero attached hydrogens (tertiary/aromatic N) is 1. The second kappa shape index (κ2) is 7.47. The lowest BCUT2D eigenvalue weighted by Gasteiger charge is -2.29. The Morgan fingerprint density at radius 3 is 2.68 bits per heavy atom. The summed E-state index contributed by atoms with van der Waals surface area (Å²) in [6, 6.07) is 4.54. The molecule has 1 aliphatic rings. The average Bonchev–Trinajstić information content (AvgIpc) is 2.50. The van der Waals surface area contributed by atoms with Crippen LogP contribution in [0, 0.1) is 0 Å². The van der Waals surface area contributed by atoms with Crippen molar-refractivity contribution in [2.75, 3.05) is 27.2 Å². The minimum atomic E-state index is -1.01. The highest BCUT2D eigenvalue weighted by Gasteiger charge is 2.20. The third-order valence-corrected chi connectivity index (χ3v) is 3.96. The van der Waals surface area contributed by atoms with Crippen LogP contribution in [-0.4, -0.2) is 55.4 Å². The molecule has 1 atom stereocenters. The maximum atomic E-state index is 10.9. The Bertz CT molecular complexity index is 513. The molecule has 2 rings (SSSR count). The number of carbonyl (C=O) groups is 1.